The van der Waals surface area contributed by atoms with E-state index < -0.39 is 0 Å². The largest absolute Gasteiger partial charge is 0.325 e. The van der Waals surface area contributed by atoms with Crippen molar-refractivity contribution in [2.24, 2.45) is 0 Å². The molecule has 2 rings (SSSR count). The number of hydrogen-bond acceptors (Lipinski definition) is 1. The van der Waals surface area contributed by atoms with Crippen molar-refractivity contribution in [3.8, 4) is 0 Å². The van der Waals surface area contributed by atoms with Crippen LogP contribution in [0.5, 0.6) is 0 Å². The molecule has 0 atom stereocenters. The number of hydrogen-bond donors (Lipinski definition) is 1. The molecule has 0 fully saturated rings. The minimum absolute atomic E-state index is 0.0810. The number of amides is 1. The minimum Gasteiger partial charge on any atom is -0.325 e. The van der Waals surface area contributed by atoms with E-state index in [4.69, 9.17) is 23.2 Å². The van der Waals surface area contributed by atoms with Crippen LogP contribution < -0.4 is 5.32 Å². The zero-order valence-electron chi connectivity index (χ0n) is 9.79. The molecule has 5 heteroatoms. The Morgan fingerprint density at radius 2 is 1.84 bits per heavy atom. The molecule has 0 radical (unpaired) electrons. The van der Waals surface area contributed by atoms with E-state index in [1.807, 2.05) is 12.1 Å². The van der Waals surface area contributed by atoms with Crippen LogP contribution in [0, 0.1) is 3.57 Å². The van der Waals surface area contributed by atoms with Crippen molar-refractivity contribution in [2.45, 2.75) is 6.42 Å². The average Bonchev–Trinajstić information content (AvgIpc) is 2.33. The third-order valence-corrected chi connectivity index (χ3v) is 3.82. The first-order valence-electron chi connectivity index (χ1n) is 5.54. The van der Waals surface area contributed by atoms with Crippen molar-refractivity contribution < 1.29 is 4.79 Å². The number of carbonyl (C=O) groups is 1. The minimum atomic E-state index is -0.0810. The van der Waals surface area contributed by atoms with Crippen LogP contribution in [0.4, 0.5) is 5.69 Å². The molecule has 0 aliphatic heterocycles. The lowest BCUT2D eigenvalue weighted by atomic mass is 10.1. The molecule has 0 spiro atoms. The summed E-state index contributed by atoms with van der Waals surface area (Å²) in [5.41, 5.74) is 1.64. The normalized spacial score (nSPS) is 10.3. The highest BCUT2D eigenvalue weighted by Crippen LogP contribution is 2.22. The fourth-order valence-corrected chi connectivity index (χ4v) is 2.84. The highest BCUT2D eigenvalue weighted by atomic mass is 127. The van der Waals surface area contributed by atoms with E-state index >= 15 is 0 Å². The maximum Gasteiger partial charge on any atom is 0.228 e. The first-order valence-corrected chi connectivity index (χ1v) is 7.37. The molecule has 2 aromatic rings. The molecule has 0 aliphatic carbocycles. The van der Waals surface area contributed by atoms with Crippen molar-refractivity contribution >= 4 is 57.4 Å². The molecule has 1 N–H and O–H groups in total. The van der Waals surface area contributed by atoms with Gasteiger partial charge in [-0.25, -0.2) is 0 Å². The van der Waals surface area contributed by atoms with Crippen molar-refractivity contribution in [1.29, 1.82) is 0 Å². The summed E-state index contributed by atoms with van der Waals surface area (Å²) in [5.74, 6) is -0.0810. The van der Waals surface area contributed by atoms with Crippen LogP contribution in [0.3, 0.4) is 0 Å². The third kappa shape index (κ3) is 4.37. The molecule has 0 saturated heterocycles. The predicted molar refractivity (Wildman–Crippen MR) is 88.0 cm³/mol. The van der Waals surface area contributed by atoms with Crippen LogP contribution in [0.25, 0.3) is 0 Å². The van der Waals surface area contributed by atoms with Gasteiger partial charge in [0, 0.05) is 13.6 Å². The van der Waals surface area contributed by atoms with Crippen molar-refractivity contribution in [2.75, 3.05) is 5.32 Å². The van der Waals surface area contributed by atoms with Crippen LogP contribution in [0.15, 0.2) is 42.5 Å². The summed E-state index contributed by atoms with van der Waals surface area (Å²) in [5, 5.41) is 4.14. The lowest BCUT2D eigenvalue weighted by Gasteiger charge is -2.08. The van der Waals surface area contributed by atoms with Crippen LogP contribution in [-0.2, 0) is 11.2 Å². The number of benzene rings is 2. The molecule has 0 bridgehead atoms. The van der Waals surface area contributed by atoms with Gasteiger partial charge in [-0.3, -0.25) is 4.79 Å². The van der Waals surface area contributed by atoms with Gasteiger partial charge < -0.3 is 5.32 Å². The summed E-state index contributed by atoms with van der Waals surface area (Å²) >= 11 is 13.9. The second kappa shape index (κ2) is 6.59. The third-order valence-electron chi connectivity index (χ3n) is 2.46. The standard InChI is InChI=1S/C14H10Cl2INO/c15-10-3-1-2-9(6-10)7-14(19)18-13-5-4-11(16)8-12(13)17/h1-6,8H,7H2,(H,18,19). The molecule has 0 aliphatic rings. The Hall–Kier alpha value is -0.780. The molecule has 0 unspecified atom stereocenters. The van der Waals surface area contributed by atoms with Crippen LogP contribution in [-0.4, -0.2) is 5.91 Å². The molecule has 1 amide bonds. The average molecular weight is 406 g/mol. The van der Waals surface area contributed by atoms with E-state index in [2.05, 4.69) is 27.9 Å². The van der Waals surface area contributed by atoms with Gasteiger partial charge in [0.1, 0.15) is 0 Å². The monoisotopic (exact) mass is 405 g/mol. The molecule has 0 heterocycles. The summed E-state index contributed by atoms with van der Waals surface area (Å²) in [6.07, 6.45) is 0.291. The van der Waals surface area contributed by atoms with Crippen LogP contribution >= 0.6 is 45.8 Å². The smallest absolute Gasteiger partial charge is 0.228 e. The summed E-state index contributed by atoms with van der Waals surface area (Å²) < 4.78 is 0.907. The predicted octanol–water partition coefficient (Wildman–Crippen LogP) is 4.78. The Morgan fingerprint density at radius 1 is 1.11 bits per heavy atom. The zero-order valence-corrected chi connectivity index (χ0v) is 13.5. The van der Waals surface area contributed by atoms with Gasteiger partial charge in [0.05, 0.1) is 12.1 Å². The molecular weight excluding hydrogens is 396 g/mol. The van der Waals surface area contributed by atoms with E-state index in [0.29, 0.717) is 16.5 Å². The van der Waals surface area contributed by atoms with E-state index in [1.54, 1.807) is 30.3 Å². The Morgan fingerprint density at radius 3 is 2.53 bits per heavy atom. The SMILES string of the molecule is O=C(Cc1cccc(Cl)c1)Nc1ccc(Cl)cc1I. The zero-order chi connectivity index (χ0) is 13.8. The molecule has 0 saturated carbocycles. The fraction of sp³-hybridized carbons (Fsp3) is 0.0714. The fourth-order valence-electron chi connectivity index (χ4n) is 1.62. The number of halogens is 3. The van der Waals surface area contributed by atoms with Gasteiger partial charge >= 0.3 is 0 Å². The van der Waals surface area contributed by atoms with Crippen molar-refractivity contribution in [3.63, 3.8) is 0 Å². The van der Waals surface area contributed by atoms with Crippen LogP contribution in [0.1, 0.15) is 5.56 Å². The van der Waals surface area contributed by atoms with Gasteiger partial charge in [-0.05, 0) is 58.5 Å². The summed E-state index contributed by atoms with van der Waals surface area (Å²) in [7, 11) is 0. The summed E-state index contributed by atoms with van der Waals surface area (Å²) in [6, 6.07) is 12.6. The number of rotatable bonds is 3. The van der Waals surface area contributed by atoms with E-state index in [9.17, 15) is 4.79 Å². The molecular formula is C14H10Cl2INO. The quantitative estimate of drug-likeness (QED) is 0.731. The van der Waals surface area contributed by atoms with E-state index in [-0.39, 0.29) is 5.91 Å². The first-order chi connectivity index (χ1) is 9.04. The van der Waals surface area contributed by atoms with Gasteiger partial charge in [-0.1, -0.05) is 35.3 Å². The van der Waals surface area contributed by atoms with Gasteiger partial charge in [0.15, 0.2) is 0 Å². The maximum absolute atomic E-state index is 11.9. The van der Waals surface area contributed by atoms with Gasteiger partial charge in [0.2, 0.25) is 5.91 Å². The summed E-state index contributed by atoms with van der Waals surface area (Å²) in [4.78, 5) is 11.9. The van der Waals surface area contributed by atoms with Crippen LogP contribution in [0.2, 0.25) is 10.0 Å². The highest BCUT2D eigenvalue weighted by molar-refractivity contribution is 14.1. The second-order valence-electron chi connectivity index (χ2n) is 3.98. The molecule has 0 aromatic heterocycles. The number of carbonyl (C=O) groups excluding carboxylic acids is 1. The lowest BCUT2D eigenvalue weighted by Crippen LogP contribution is -2.15. The maximum atomic E-state index is 11.9. The Labute approximate surface area is 135 Å². The Balaban J connectivity index is 2.05. The lowest BCUT2D eigenvalue weighted by molar-refractivity contribution is -0.115. The first kappa shape index (κ1) is 14.6. The van der Waals surface area contributed by atoms with Crippen molar-refractivity contribution in [3.05, 3.63) is 61.6 Å². The molecule has 2 nitrogen and oxygen atoms in total. The molecule has 98 valence electrons. The number of anilines is 1. The summed E-state index contributed by atoms with van der Waals surface area (Å²) in [6.45, 7) is 0. The molecule has 2 aromatic carbocycles. The highest BCUT2D eigenvalue weighted by Gasteiger charge is 2.07. The van der Waals surface area contributed by atoms with Gasteiger partial charge in [-0.2, -0.15) is 0 Å². The van der Waals surface area contributed by atoms with Crippen molar-refractivity contribution in [1.82, 2.24) is 0 Å². The topological polar surface area (TPSA) is 29.1 Å². The molecule has 19 heavy (non-hydrogen) atoms. The second-order valence-corrected chi connectivity index (χ2v) is 6.01. The number of nitrogens with one attached hydrogen (secondary N) is 1. The van der Waals surface area contributed by atoms with E-state index in [0.717, 1.165) is 14.8 Å². The van der Waals surface area contributed by atoms with Gasteiger partial charge in [0.25, 0.3) is 0 Å². The Bertz CT molecular complexity index is 616. The Kier molecular flexibility index (Phi) is 5.07. The van der Waals surface area contributed by atoms with Gasteiger partial charge in [-0.15, -0.1) is 0 Å². The van der Waals surface area contributed by atoms with E-state index in [1.165, 1.54) is 0 Å².